The molecule has 8 heteroatoms. The second-order valence-corrected chi connectivity index (χ2v) is 9.98. The Morgan fingerprint density at radius 3 is 2.31 bits per heavy atom. The Hall–Kier alpha value is -3.39. The predicted octanol–water partition coefficient (Wildman–Crippen LogP) is 3.81. The summed E-state index contributed by atoms with van der Waals surface area (Å²) in [6.45, 7) is 8.33. The van der Waals surface area contributed by atoms with Crippen LogP contribution in [0.1, 0.15) is 39.2 Å². The molecule has 188 valence electrons. The van der Waals surface area contributed by atoms with Crippen molar-refractivity contribution >= 4 is 29.8 Å². The zero-order valence-corrected chi connectivity index (χ0v) is 20.8. The first-order valence-electron chi connectivity index (χ1n) is 12.0. The number of hydrogen-bond acceptors (Lipinski definition) is 5. The summed E-state index contributed by atoms with van der Waals surface area (Å²) in [5, 5.41) is 2.83. The molecule has 2 aromatic rings. The maximum atomic E-state index is 12.6. The van der Waals surface area contributed by atoms with Gasteiger partial charge in [0.15, 0.2) is 0 Å². The number of rotatable bonds is 8. The average molecular weight is 481 g/mol. The summed E-state index contributed by atoms with van der Waals surface area (Å²) in [6, 6.07) is 16.5. The molecule has 2 fully saturated rings. The van der Waals surface area contributed by atoms with Gasteiger partial charge < -0.3 is 20.7 Å². The van der Waals surface area contributed by atoms with E-state index in [9.17, 15) is 14.4 Å². The van der Waals surface area contributed by atoms with E-state index in [1.807, 2.05) is 85.2 Å². The molecular formula is C27H36N4O4. The van der Waals surface area contributed by atoms with Gasteiger partial charge >= 0.3 is 6.03 Å². The van der Waals surface area contributed by atoms with Crippen molar-refractivity contribution in [3.63, 3.8) is 0 Å². The third kappa shape index (κ3) is 8.40. The number of para-hydroxylation sites is 1. The molecule has 1 atom stereocenters. The minimum atomic E-state index is -0.631. The van der Waals surface area contributed by atoms with Crippen molar-refractivity contribution in [3.8, 4) is 0 Å². The lowest BCUT2D eigenvalue weighted by atomic mass is 10.1. The number of anilines is 2. The van der Waals surface area contributed by atoms with Gasteiger partial charge in [0.2, 0.25) is 5.91 Å². The normalized spacial score (nSPS) is 16.3. The Labute approximate surface area is 207 Å². The maximum Gasteiger partial charge on any atom is 0.324 e. The quantitative estimate of drug-likeness (QED) is 0.559. The average Bonchev–Trinajstić information content (AvgIpc) is 3.56. The molecule has 1 unspecified atom stereocenters. The van der Waals surface area contributed by atoms with Crippen LogP contribution in [-0.2, 0) is 20.7 Å². The van der Waals surface area contributed by atoms with Gasteiger partial charge in [-0.3, -0.25) is 14.5 Å². The summed E-state index contributed by atoms with van der Waals surface area (Å²) in [7, 11) is 0. The first-order chi connectivity index (χ1) is 16.7. The zero-order chi connectivity index (χ0) is 25.4. The van der Waals surface area contributed by atoms with Crippen LogP contribution in [0.4, 0.5) is 16.2 Å². The predicted molar refractivity (Wildman–Crippen MR) is 137 cm³/mol. The molecule has 3 amide bonds. The number of amides is 3. The Balaban J connectivity index is 0.000000429. The summed E-state index contributed by atoms with van der Waals surface area (Å²) in [4.78, 5) is 38.2. The molecule has 1 aliphatic carbocycles. The van der Waals surface area contributed by atoms with E-state index in [1.165, 1.54) is 12.8 Å². The van der Waals surface area contributed by atoms with Gasteiger partial charge in [-0.1, -0.05) is 30.3 Å². The molecule has 0 aromatic heterocycles. The van der Waals surface area contributed by atoms with Gasteiger partial charge in [0.25, 0.3) is 6.47 Å². The van der Waals surface area contributed by atoms with Gasteiger partial charge in [0.1, 0.15) is 5.60 Å². The Morgan fingerprint density at radius 2 is 1.77 bits per heavy atom. The van der Waals surface area contributed by atoms with E-state index in [0.29, 0.717) is 18.8 Å². The fourth-order valence-corrected chi connectivity index (χ4v) is 3.66. The van der Waals surface area contributed by atoms with Crippen molar-refractivity contribution in [2.24, 2.45) is 11.7 Å². The van der Waals surface area contributed by atoms with Gasteiger partial charge in [-0.15, -0.1) is 0 Å². The molecule has 0 radical (unpaired) electrons. The second kappa shape index (κ2) is 11.8. The standard InChI is InChI=1S/C22H26N4O2.C5H10O2/c23-20(21(27)24-18-4-2-1-3-5-18)14-16-8-10-19(11-9-16)26-13-12-25(22(26)28)15-17-6-7-17;1-5(2,3)7-4-6/h1-5,8-11,17,20H,6-7,12-15,23H2,(H,24,27);4H,1-3H3. The van der Waals surface area contributed by atoms with E-state index < -0.39 is 6.04 Å². The van der Waals surface area contributed by atoms with E-state index in [1.54, 1.807) is 0 Å². The van der Waals surface area contributed by atoms with Gasteiger partial charge in [-0.2, -0.15) is 0 Å². The number of hydrogen-bond donors (Lipinski definition) is 2. The third-order valence-electron chi connectivity index (χ3n) is 5.75. The molecular weight excluding hydrogens is 444 g/mol. The summed E-state index contributed by atoms with van der Waals surface area (Å²) in [6.07, 6.45) is 2.94. The number of ether oxygens (including phenoxy) is 1. The molecule has 8 nitrogen and oxygen atoms in total. The maximum absolute atomic E-state index is 12.6. The van der Waals surface area contributed by atoms with Crippen LogP contribution >= 0.6 is 0 Å². The topological polar surface area (TPSA) is 105 Å². The van der Waals surface area contributed by atoms with E-state index in [-0.39, 0.29) is 17.5 Å². The Kier molecular flexibility index (Phi) is 8.87. The van der Waals surface area contributed by atoms with Gasteiger partial charge in [-0.05, 0) is 75.8 Å². The van der Waals surface area contributed by atoms with Crippen LogP contribution in [0.15, 0.2) is 54.6 Å². The molecule has 2 aromatic carbocycles. The largest absolute Gasteiger partial charge is 0.462 e. The van der Waals surface area contributed by atoms with Gasteiger partial charge in [0, 0.05) is 31.0 Å². The molecule has 3 N–H and O–H groups in total. The molecule has 4 rings (SSSR count). The lowest BCUT2D eigenvalue weighted by Crippen LogP contribution is -2.37. The second-order valence-electron chi connectivity index (χ2n) is 9.98. The lowest BCUT2D eigenvalue weighted by molar-refractivity contribution is -0.138. The first-order valence-corrected chi connectivity index (χ1v) is 12.0. The van der Waals surface area contributed by atoms with Gasteiger partial charge in [0.05, 0.1) is 6.04 Å². The van der Waals surface area contributed by atoms with Crippen molar-refractivity contribution in [2.75, 3.05) is 29.9 Å². The molecule has 2 aliphatic rings. The summed E-state index contributed by atoms with van der Waals surface area (Å²) < 4.78 is 4.55. The number of nitrogens with one attached hydrogen (secondary N) is 1. The van der Waals surface area contributed by atoms with Crippen molar-refractivity contribution < 1.29 is 19.1 Å². The van der Waals surface area contributed by atoms with Crippen LogP contribution in [-0.4, -0.2) is 54.6 Å². The Bertz CT molecular complexity index is 984. The van der Waals surface area contributed by atoms with Crippen LogP contribution in [0.3, 0.4) is 0 Å². The van der Waals surface area contributed by atoms with E-state index >= 15 is 0 Å². The van der Waals surface area contributed by atoms with Crippen LogP contribution in [0.2, 0.25) is 0 Å². The number of nitrogens with zero attached hydrogens (tertiary/aromatic N) is 2. The van der Waals surface area contributed by atoms with Crippen LogP contribution in [0, 0.1) is 5.92 Å². The van der Waals surface area contributed by atoms with E-state index in [4.69, 9.17) is 5.73 Å². The lowest BCUT2D eigenvalue weighted by Gasteiger charge is -2.19. The molecule has 1 heterocycles. The number of carbonyl (C=O) groups excluding carboxylic acids is 3. The summed E-state index contributed by atoms with van der Waals surface area (Å²) in [5.74, 6) is 0.496. The highest BCUT2D eigenvalue weighted by molar-refractivity contribution is 5.95. The minimum Gasteiger partial charge on any atom is -0.462 e. The van der Waals surface area contributed by atoms with Gasteiger partial charge in [-0.25, -0.2) is 4.79 Å². The smallest absolute Gasteiger partial charge is 0.324 e. The summed E-state index contributed by atoms with van der Waals surface area (Å²) >= 11 is 0. The van der Waals surface area contributed by atoms with Crippen molar-refractivity contribution in [3.05, 3.63) is 60.2 Å². The third-order valence-corrected chi connectivity index (χ3v) is 5.75. The van der Waals surface area contributed by atoms with Crippen LogP contribution < -0.4 is 16.0 Å². The number of carbonyl (C=O) groups is 3. The minimum absolute atomic E-state index is 0.0959. The number of urea groups is 1. The highest BCUT2D eigenvalue weighted by atomic mass is 16.5. The van der Waals surface area contributed by atoms with Crippen LogP contribution in [0.25, 0.3) is 0 Å². The fraction of sp³-hybridized carbons (Fsp3) is 0.444. The summed E-state index contributed by atoms with van der Waals surface area (Å²) in [5.41, 5.74) is 8.36. The molecule has 35 heavy (non-hydrogen) atoms. The molecule has 0 bridgehead atoms. The number of nitrogens with two attached hydrogens (primary N) is 1. The zero-order valence-electron chi connectivity index (χ0n) is 20.8. The van der Waals surface area contributed by atoms with E-state index in [0.717, 1.165) is 36.6 Å². The Morgan fingerprint density at radius 1 is 1.11 bits per heavy atom. The number of benzene rings is 2. The SMILES string of the molecule is CC(C)(C)OC=O.NC(Cc1ccc(N2CCN(CC3CC3)C2=O)cc1)C(=O)Nc1ccccc1. The van der Waals surface area contributed by atoms with Crippen molar-refractivity contribution in [1.29, 1.82) is 0 Å². The van der Waals surface area contributed by atoms with Crippen molar-refractivity contribution in [2.45, 2.75) is 51.7 Å². The molecule has 1 saturated heterocycles. The van der Waals surface area contributed by atoms with Crippen molar-refractivity contribution in [1.82, 2.24) is 4.90 Å². The van der Waals surface area contributed by atoms with Crippen LogP contribution in [0.5, 0.6) is 0 Å². The first kappa shape index (κ1) is 26.2. The fourth-order valence-electron chi connectivity index (χ4n) is 3.66. The molecule has 0 spiro atoms. The molecule has 1 aliphatic heterocycles. The molecule has 1 saturated carbocycles. The highest BCUT2D eigenvalue weighted by Gasteiger charge is 2.33. The monoisotopic (exact) mass is 480 g/mol. The highest BCUT2D eigenvalue weighted by Crippen LogP contribution is 2.31. The van der Waals surface area contributed by atoms with E-state index in [2.05, 4.69) is 10.1 Å².